The smallest absolute Gasteiger partial charge is 0.119 e. The Morgan fingerprint density at radius 2 is 2.05 bits per heavy atom. The van der Waals surface area contributed by atoms with E-state index in [1.54, 1.807) is 7.11 Å². The largest absolute Gasteiger partial charge is 0.497 e. The summed E-state index contributed by atoms with van der Waals surface area (Å²) in [7, 11) is 1.68. The maximum Gasteiger partial charge on any atom is 0.119 e. The molecule has 0 radical (unpaired) electrons. The summed E-state index contributed by atoms with van der Waals surface area (Å²) < 4.78 is 7.19. The highest BCUT2D eigenvalue weighted by atomic mass is 16.5. The van der Waals surface area contributed by atoms with Crippen molar-refractivity contribution in [3.05, 3.63) is 42.2 Å². The molecule has 1 unspecified atom stereocenters. The highest BCUT2D eigenvalue weighted by molar-refractivity contribution is 5.42. The Kier molecular flexibility index (Phi) is 4.10. The summed E-state index contributed by atoms with van der Waals surface area (Å²) >= 11 is 0. The summed E-state index contributed by atoms with van der Waals surface area (Å²) in [5.74, 6) is 0.879. The zero-order valence-electron chi connectivity index (χ0n) is 11.9. The number of rotatable bonds is 5. The van der Waals surface area contributed by atoms with Crippen molar-refractivity contribution in [1.82, 2.24) is 9.78 Å². The fourth-order valence-electron chi connectivity index (χ4n) is 1.94. The van der Waals surface area contributed by atoms with Gasteiger partial charge in [0.25, 0.3) is 0 Å². The Morgan fingerprint density at radius 1 is 1.26 bits per heavy atom. The summed E-state index contributed by atoms with van der Waals surface area (Å²) in [5.41, 5.74) is 2.22. The molecule has 0 saturated heterocycles. The molecule has 1 aromatic carbocycles. The fourth-order valence-corrected chi connectivity index (χ4v) is 1.94. The summed E-state index contributed by atoms with van der Waals surface area (Å²) in [6, 6.07) is 8.68. The van der Waals surface area contributed by atoms with Gasteiger partial charge in [-0.15, -0.1) is 0 Å². The van der Waals surface area contributed by atoms with Gasteiger partial charge in [-0.05, 0) is 38.5 Å². The van der Waals surface area contributed by atoms with Gasteiger partial charge in [-0.3, -0.25) is 4.68 Å². The lowest BCUT2D eigenvalue weighted by Crippen LogP contribution is -2.06. The van der Waals surface area contributed by atoms with Gasteiger partial charge in [-0.25, -0.2) is 0 Å². The highest BCUT2D eigenvalue weighted by Crippen LogP contribution is 2.22. The number of nitrogens with zero attached hydrogens (tertiary/aromatic N) is 2. The zero-order chi connectivity index (χ0) is 13.8. The maximum absolute atomic E-state index is 5.25. The van der Waals surface area contributed by atoms with Gasteiger partial charge in [0, 0.05) is 18.3 Å². The van der Waals surface area contributed by atoms with E-state index in [4.69, 9.17) is 4.74 Å². The van der Waals surface area contributed by atoms with E-state index in [0.29, 0.717) is 6.04 Å². The number of nitrogens with one attached hydrogen (secondary N) is 1. The molecule has 1 heterocycles. The monoisotopic (exact) mass is 259 g/mol. The predicted octanol–water partition coefficient (Wildman–Crippen LogP) is 3.65. The van der Waals surface area contributed by atoms with E-state index in [1.807, 2.05) is 35.3 Å². The van der Waals surface area contributed by atoms with Gasteiger partial charge in [-0.1, -0.05) is 12.1 Å². The molecule has 0 aliphatic heterocycles. The molecule has 0 fully saturated rings. The first-order valence-corrected chi connectivity index (χ1v) is 6.55. The van der Waals surface area contributed by atoms with Crippen LogP contribution < -0.4 is 10.1 Å². The van der Waals surface area contributed by atoms with E-state index in [2.05, 4.69) is 37.3 Å². The first-order chi connectivity index (χ1) is 9.10. The number of methoxy groups -OCH3 is 1. The van der Waals surface area contributed by atoms with Gasteiger partial charge in [0.2, 0.25) is 0 Å². The van der Waals surface area contributed by atoms with Gasteiger partial charge < -0.3 is 10.1 Å². The molecule has 4 heteroatoms. The average molecular weight is 259 g/mol. The van der Waals surface area contributed by atoms with Crippen LogP contribution >= 0.6 is 0 Å². The molecule has 0 aliphatic carbocycles. The summed E-state index contributed by atoms with van der Waals surface area (Å²) in [6.45, 7) is 6.35. The Morgan fingerprint density at radius 3 is 2.68 bits per heavy atom. The van der Waals surface area contributed by atoms with Crippen LogP contribution in [0.3, 0.4) is 0 Å². The lowest BCUT2D eigenvalue weighted by atomic mass is 10.1. The van der Waals surface area contributed by atoms with E-state index in [9.17, 15) is 0 Å². The van der Waals surface area contributed by atoms with Crippen LogP contribution in [0.4, 0.5) is 5.69 Å². The van der Waals surface area contributed by atoms with Crippen LogP contribution in [0, 0.1) is 0 Å². The van der Waals surface area contributed by atoms with Gasteiger partial charge in [0.15, 0.2) is 0 Å². The minimum atomic E-state index is 0.208. The third-order valence-corrected chi connectivity index (χ3v) is 3.11. The Balaban J connectivity index is 2.08. The van der Waals surface area contributed by atoms with Crippen molar-refractivity contribution in [1.29, 1.82) is 0 Å². The Labute approximate surface area is 114 Å². The molecule has 0 amide bonds. The van der Waals surface area contributed by atoms with Crippen LogP contribution in [0.5, 0.6) is 5.75 Å². The summed E-state index contributed by atoms with van der Waals surface area (Å²) in [5, 5.41) is 7.77. The maximum atomic E-state index is 5.25. The Bertz CT molecular complexity index is 534. The van der Waals surface area contributed by atoms with Gasteiger partial charge >= 0.3 is 0 Å². The van der Waals surface area contributed by atoms with E-state index in [-0.39, 0.29) is 6.04 Å². The van der Waals surface area contributed by atoms with Crippen LogP contribution in [0.15, 0.2) is 36.7 Å². The van der Waals surface area contributed by atoms with Crippen LogP contribution in [-0.4, -0.2) is 16.9 Å². The van der Waals surface area contributed by atoms with Gasteiger partial charge in [-0.2, -0.15) is 5.10 Å². The van der Waals surface area contributed by atoms with Crippen molar-refractivity contribution in [2.45, 2.75) is 32.9 Å². The highest BCUT2D eigenvalue weighted by Gasteiger charge is 2.08. The number of hydrogen-bond donors (Lipinski definition) is 1. The lowest BCUT2D eigenvalue weighted by molar-refractivity contribution is 0.414. The lowest BCUT2D eigenvalue weighted by Gasteiger charge is -2.15. The molecule has 19 heavy (non-hydrogen) atoms. The molecule has 2 aromatic rings. The van der Waals surface area contributed by atoms with Crippen LogP contribution in [0.1, 0.15) is 38.4 Å². The number of aromatic nitrogens is 2. The normalized spacial score (nSPS) is 12.5. The minimum Gasteiger partial charge on any atom is -0.497 e. The molecular weight excluding hydrogens is 238 g/mol. The second-order valence-corrected chi connectivity index (χ2v) is 4.95. The molecule has 0 aliphatic rings. The summed E-state index contributed by atoms with van der Waals surface area (Å²) in [6.07, 6.45) is 3.89. The van der Waals surface area contributed by atoms with Crippen molar-refractivity contribution >= 4 is 5.69 Å². The topological polar surface area (TPSA) is 39.1 Å². The van der Waals surface area contributed by atoms with E-state index in [0.717, 1.165) is 11.4 Å². The molecule has 0 bridgehead atoms. The molecule has 1 N–H and O–H groups in total. The van der Waals surface area contributed by atoms with Crippen molar-refractivity contribution in [3.63, 3.8) is 0 Å². The SMILES string of the molecule is COc1cccc(C(C)Nc2cnn(C(C)C)c2)c1. The zero-order valence-corrected chi connectivity index (χ0v) is 11.9. The van der Waals surface area contributed by atoms with Crippen molar-refractivity contribution in [2.24, 2.45) is 0 Å². The van der Waals surface area contributed by atoms with E-state index < -0.39 is 0 Å². The third kappa shape index (κ3) is 3.28. The van der Waals surface area contributed by atoms with Crippen LogP contribution in [-0.2, 0) is 0 Å². The molecule has 2 rings (SSSR count). The second kappa shape index (κ2) is 5.78. The molecular formula is C15H21N3O. The molecule has 1 atom stereocenters. The molecule has 102 valence electrons. The number of ether oxygens (including phenoxy) is 1. The van der Waals surface area contributed by atoms with Gasteiger partial charge in [0.1, 0.15) is 5.75 Å². The second-order valence-electron chi connectivity index (χ2n) is 4.95. The van der Waals surface area contributed by atoms with E-state index in [1.165, 1.54) is 5.56 Å². The van der Waals surface area contributed by atoms with Crippen molar-refractivity contribution < 1.29 is 4.74 Å². The number of anilines is 1. The van der Waals surface area contributed by atoms with Crippen LogP contribution in [0.2, 0.25) is 0 Å². The van der Waals surface area contributed by atoms with Crippen molar-refractivity contribution in [2.75, 3.05) is 12.4 Å². The van der Waals surface area contributed by atoms with Crippen molar-refractivity contribution in [3.8, 4) is 5.75 Å². The molecule has 4 nitrogen and oxygen atoms in total. The third-order valence-electron chi connectivity index (χ3n) is 3.11. The average Bonchev–Trinajstić information content (AvgIpc) is 2.87. The fraction of sp³-hybridized carbons (Fsp3) is 0.400. The molecule has 0 spiro atoms. The van der Waals surface area contributed by atoms with Gasteiger partial charge in [0.05, 0.1) is 19.0 Å². The number of hydrogen-bond acceptors (Lipinski definition) is 3. The Hall–Kier alpha value is -1.97. The molecule has 0 saturated carbocycles. The first kappa shape index (κ1) is 13.5. The predicted molar refractivity (Wildman–Crippen MR) is 77.6 cm³/mol. The van der Waals surface area contributed by atoms with Crippen LogP contribution in [0.25, 0.3) is 0 Å². The quantitative estimate of drug-likeness (QED) is 0.891. The van der Waals surface area contributed by atoms with E-state index >= 15 is 0 Å². The standard InChI is InChI=1S/C15H21N3O/c1-11(2)18-10-14(9-16-18)17-12(3)13-6-5-7-15(8-13)19-4/h5-12,17H,1-4H3. The number of benzene rings is 1. The molecule has 1 aromatic heterocycles. The first-order valence-electron chi connectivity index (χ1n) is 6.55. The summed E-state index contributed by atoms with van der Waals surface area (Å²) in [4.78, 5) is 0. The minimum absolute atomic E-state index is 0.208.